The van der Waals surface area contributed by atoms with Crippen LogP contribution in [0, 0.1) is 11.3 Å². The number of nitrogens with one attached hydrogen (secondary N) is 1. The molecule has 0 aliphatic carbocycles. The first kappa shape index (κ1) is 19.1. The summed E-state index contributed by atoms with van der Waals surface area (Å²) in [4.78, 5) is 34.2. The molecule has 120 valence electrons. The first-order chi connectivity index (χ1) is 9.57. The van der Waals surface area contributed by atoms with Crippen molar-refractivity contribution in [3.05, 3.63) is 12.2 Å². The topological polar surface area (TPSA) is 81.7 Å². The first-order valence-electron chi connectivity index (χ1n) is 6.81. The minimum absolute atomic E-state index is 0.0455. The highest BCUT2D eigenvalue weighted by Gasteiger charge is 2.26. The molecule has 1 atom stereocenters. The Labute approximate surface area is 125 Å². The number of amides is 1. The lowest BCUT2D eigenvalue weighted by Crippen LogP contribution is -2.46. The number of hydrogen-bond acceptors (Lipinski definition) is 5. The van der Waals surface area contributed by atoms with E-state index in [1.807, 2.05) is 34.6 Å². The number of methoxy groups -OCH3 is 1. The molecule has 0 rings (SSSR count). The number of carbonyl (C=O) groups is 3. The van der Waals surface area contributed by atoms with E-state index in [-0.39, 0.29) is 24.5 Å². The summed E-state index contributed by atoms with van der Waals surface area (Å²) in [6.07, 6.45) is 1.98. The molecule has 21 heavy (non-hydrogen) atoms. The van der Waals surface area contributed by atoms with Crippen molar-refractivity contribution in [3.8, 4) is 0 Å². The Balaban J connectivity index is 4.47. The quantitative estimate of drug-likeness (QED) is 0.593. The molecular weight excluding hydrogens is 274 g/mol. The second-order valence-corrected chi connectivity index (χ2v) is 6.06. The Morgan fingerprint density at radius 2 is 1.62 bits per heavy atom. The van der Waals surface area contributed by atoms with Gasteiger partial charge in [0, 0.05) is 17.6 Å². The van der Waals surface area contributed by atoms with Gasteiger partial charge in [-0.3, -0.25) is 4.79 Å². The second-order valence-electron chi connectivity index (χ2n) is 6.06. The zero-order chi connectivity index (χ0) is 16.6. The largest absolute Gasteiger partial charge is 0.466 e. The van der Waals surface area contributed by atoms with Crippen LogP contribution < -0.4 is 5.32 Å². The van der Waals surface area contributed by atoms with Crippen molar-refractivity contribution in [2.75, 3.05) is 13.7 Å². The molecule has 0 aromatic heterocycles. The van der Waals surface area contributed by atoms with Gasteiger partial charge in [0.2, 0.25) is 5.91 Å². The SMILES string of the molecule is COC(=O)/C=C/C(=O)OC[C@H](NC(=O)C(C)(C)C)C(C)C. The minimum Gasteiger partial charge on any atom is -0.466 e. The lowest BCUT2D eigenvalue weighted by molar-refractivity contribution is -0.141. The minimum atomic E-state index is -0.656. The monoisotopic (exact) mass is 299 g/mol. The Morgan fingerprint density at radius 1 is 1.10 bits per heavy atom. The normalized spacial score (nSPS) is 13.1. The third kappa shape index (κ3) is 8.12. The number of carbonyl (C=O) groups excluding carboxylic acids is 3. The number of ether oxygens (including phenoxy) is 2. The Bertz CT molecular complexity index is 407. The van der Waals surface area contributed by atoms with E-state index in [1.165, 1.54) is 7.11 Å². The van der Waals surface area contributed by atoms with Crippen LogP contribution in [0.2, 0.25) is 0 Å². The summed E-state index contributed by atoms with van der Waals surface area (Å²) in [5, 5.41) is 2.86. The molecule has 0 spiro atoms. The summed E-state index contributed by atoms with van der Waals surface area (Å²) in [7, 11) is 1.22. The Hall–Kier alpha value is -1.85. The van der Waals surface area contributed by atoms with Crippen molar-refractivity contribution >= 4 is 17.8 Å². The van der Waals surface area contributed by atoms with E-state index >= 15 is 0 Å². The van der Waals surface area contributed by atoms with Gasteiger partial charge in [-0.1, -0.05) is 34.6 Å². The lowest BCUT2D eigenvalue weighted by Gasteiger charge is -2.26. The van der Waals surface area contributed by atoms with Gasteiger partial charge in [0.05, 0.1) is 13.2 Å². The molecule has 6 nitrogen and oxygen atoms in total. The summed E-state index contributed by atoms with van der Waals surface area (Å²) < 4.78 is 9.39. The standard InChI is InChI=1S/C15H25NO5/c1-10(2)11(16-14(19)15(3,4)5)9-21-13(18)8-7-12(17)20-6/h7-8,10-11H,9H2,1-6H3,(H,16,19)/b8-7+/t11-/m0/s1. The van der Waals surface area contributed by atoms with Crippen LogP contribution in [0.5, 0.6) is 0 Å². The van der Waals surface area contributed by atoms with E-state index in [4.69, 9.17) is 4.74 Å². The van der Waals surface area contributed by atoms with Crippen LogP contribution in [0.25, 0.3) is 0 Å². The molecule has 0 heterocycles. The summed E-state index contributed by atoms with van der Waals surface area (Å²) >= 11 is 0. The molecule has 6 heteroatoms. The number of hydrogen-bond donors (Lipinski definition) is 1. The molecule has 0 unspecified atom stereocenters. The molecule has 0 saturated carbocycles. The average molecular weight is 299 g/mol. The van der Waals surface area contributed by atoms with E-state index in [0.717, 1.165) is 12.2 Å². The van der Waals surface area contributed by atoms with Gasteiger partial charge in [-0.25, -0.2) is 9.59 Å². The maximum absolute atomic E-state index is 12.0. The molecule has 0 aromatic rings. The van der Waals surface area contributed by atoms with Crippen molar-refractivity contribution in [1.82, 2.24) is 5.32 Å². The van der Waals surface area contributed by atoms with Gasteiger partial charge in [-0.15, -0.1) is 0 Å². The van der Waals surface area contributed by atoms with Gasteiger partial charge in [0.15, 0.2) is 0 Å². The molecule has 1 amide bonds. The number of esters is 2. The van der Waals surface area contributed by atoms with Gasteiger partial charge >= 0.3 is 11.9 Å². The van der Waals surface area contributed by atoms with Crippen molar-refractivity contribution < 1.29 is 23.9 Å². The molecule has 1 N–H and O–H groups in total. The van der Waals surface area contributed by atoms with E-state index < -0.39 is 17.4 Å². The molecule has 0 fully saturated rings. The first-order valence-corrected chi connectivity index (χ1v) is 6.81. The summed E-state index contributed by atoms with van der Waals surface area (Å²) in [5.74, 6) is -1.29. The van der Waals surface area contributed by atoms with Crippen molar-refractivity contribution in [2.45, 2.75) is 40.7 Å². The Morgan fingerprint density at radius 3 is 2.05 bits per heavy atom. The van der Waals surface area contributed by atoms with Gasteiger partial charge in [0.25, 0.3) is 0 Å². The van der Waals surface area contributed by atoms with Crippen molar-refractivity contribution in [1.29, 1.82) is 0 Å². The fraction of sp³-hybridized carbons (Fsp3) is 0.667. The fourth-order valence-electron chi connectivity index (χ4n) is 1.21. The molecule has 0 saturated heterocycles. The van der Waals surface area contributed by atoms with Crippen molar-refractivity contribution in [3.63, 3.8) is 0 Å². The third-order valence-electron chi connectivity index (χ3n) is 2.76. The van der Waals surface area contributed by atoms with Gasteiger partial charge in [-0.05, 0) is 5.92 Å². The highest BCUT2D eigenvalue weighted by molar-refractivity contribution is 5.91. The second kappa shape index (κ2) is 8.44. The van der Waals surface area contributed by atoms with E-state index in [9.17, 15) is 14.4 Å². The molecule has 0 aromatic carbocycles. The molecule has 0 aliphatic heterocycles. The summed E-state index contributed by atoms with van der Waals surface area (Å²) in [5.41, 5.74) is -0.512. The van der Waals surface area contributed by atoms with E-state index in [0.29, 0.717) is 0 Å². The molecule has 0 aliphatic rings. The van der Waals surface area contributed by atoms with Crippen LogP contribution >= 0.6 is 0 Å². The fourth-order valence-corrected chi connectivity index (χ4v) is 1.21. The van der Waals surface area contributed by atoms with Gasteiger partial charge in [-0.2, -0.15) is 0 Å². The Kier molecular flexibility index (Phi) is 7.70. The average Bonchev–Trinajstić information content (AvgIpc) is 2.38. The highest BCUT2D eigenvalue weighted by Crippen LogP contribution is 2.14. The maximum Gasteiger partial charge on any atom is 0.331 e. The smallest absolute Gasteiger partial charge is 0.331 e. The van der Waals surface area contributed by atoms with Crippen LogP contribution in [0.4, 0.5) is 0 Å². The zero-order valence-corrected chi connectivity index (χ0v) is 13.6. The summed E-state index contributed by atoms with van der Waals surface area (Å²) in [6, 6.07) is -0.285. The van der Waals surface area contributed by atoms with Crippen LogP contribution in [0.3, 0.4) is 0 Å². The van der Waals surface area contributed by atoms with Crippen molar-refractivity contribution in [2.24, 2.45) is 11.3 Å². The maximum atomic E-state index is 12.0. The van der Waals surface area contributed by atoms with Gasteiger partial charge < -0.3 is 14.8 Å². The van der Waals surface area contributed by atoms with Crippen LogP contribution in [0.1, 0.15) is 34.6 Å². The van der Waals surface area contributed by atoms with Crippen LogP contribution in [-0.4, -0.2) is 37.6 Å². The van der Waals surface area contributed by atoms with Gasteiger partial charge in [0.1, 0.15) is 6.61 Å². The van der Waals surface area contributed by atoms with E-state index in [2.05, 4.69) is 10.1 Å². The van der Waals surface area contributed by atoms with Crippen LogP contribution in [-0.2, 0) is 23.9 Å². The van der Waals surface area contributed by atoms with E-state index in [1.54, 1.807) is 0 Å². The lowest BCUT2D eigenvalue weighted by atomic mass is 9.94. The third-order valence-corrected chi connectivity index (χ3v) is 2.76. The molecule has 0 bridgehead atoms. The summed E-state index contributed by atoms with van der Waals surface area (Å²) in [6.45, 7) is 9.32. The zero-order valence-electron chi connectivity index (χ0n) is 13.6. The molecular formula is C15H25NO5. The van der Waals surface area contributed by atoms with Crippen LogP contribution in [0.15, 0.2) is 12.2 Å². The predicted molar refractivity (Wildman–Crippen MR) is 78.3 cm³/mol. The number of rotatable bonds is 6. The highest BCUT2D eigenvalue weighted by atomic mass is 16.5. The predicted octanol–water partition coefficient (Wildman–Crippen LogP) is 1.45. The molecule has 0 radical (unpaired) electrons.